The molecule has 1 atom stereocenters. The highest BCUT2D eigenvalue weighted by molar-refractivity contribution is 5.76. The summed E-state index contributed by atoms with van der Waals surface area (Å²) < 4.78 is 21.3. The Morgan fingerprint density at radius 1 is 1.42 bits per heavy atom. The summed E-state index contributed by atoms with van der Waals surface area (Å²) in [7, 11) is 0. The van der Waals surface area contributed by atoms with Crippen molar-refractivity contribution < 1.29 is 18.8 Å². The van der Waals surface area contributed by atoms with Gasteiger partial charge in [-0.25, -0.2) is 9.18 Å². The second kappa shape index (κ2) is 7.21. The molecule has 2 aliphatic rings. The maximum absolute atomic E-state index is 13.8. The lowest BCUT2D eigenvalue weighted by molar-refractivity contribution is 0.202. The van der Waals surface area contributed by atoms with E-state index in [4.69, 9.17) is 15.4 Å². The van der Waals surface area contributed by atoms with E-state index in [-0.39, 0.29) is 18.1 Å². The number of amides is 2. The van der Waals surface area contributed by atoms with E-state index in [9.17, 15) is 19.6 Å². The Labute approximate surface area is 176 Å². The molecular formula is C21H19FN6O3. The van der Waals surface area contributed by atoms with Crippen molar-refractivity contribution in [3.63, 3.8) is 0 Å². The maximum Gasteiger partial charge on any atom is 0.315 e. The second-order valence-electron chi connectivity index (χ2n) is 7.86. The van der Waals surface area contributed by atoms with Crippen molar-refractivity contribution in [2.45, 2.75) is 25.9 Å². The molecule has 9 nitrogen and oxygen atoms in total. The van der Waals surface area contributed by atoms with Gasteiger partial charge in [0.25, 0.3) is 0 Å². The summed E-state index contributed by atoms with van der Waals surface area (Å²) in [5.41, 5.74) is 9.74. The SMILES string of the molecule is N#Cc1cc(-c2onc3c2CC(CO)Cn2nc4c(c2-3)CN(C(N)=O)CC4)ccc1F. The number of aromatic nitrogens is 3. The molecule has 2 aromatic heterocycles. The van der Waals surface area contributed by atoms with Gasteiger partial charge in [0.1, 0.15) is 17.6 Å². The van der Waals surface area contributed by atoms with Gasteiger partial charge in [-0.1, -0.05) is 5.16 Å². The molecule has 3 N–H and O–H groups in total. The van der Waals surface area contributed by atoms with E-state index < -0.39 is 11.8 Å². The van der Waals surface area contributed by atoms with Crippen LogP contribution in [-0.4, -0.2) is 44.1 Å². The molecule has 158 valence electrons. The standard InChI is InChI=1S/C21H19FN6O3/c22-16-2-1-12(6-13(16)7-23)20-14-5-11(10-29)8-28-19(18(14)26-31-20)15-9-27(21(24)30)4-3-17(15)25-28/h1-2,6,11,29H,3-5,8-10H2,(H2,24,30). The van der Waals surface area contributed by atoms with Crippen molar-refractivity contribution in [3.8, 4) is 28.8 Å². The molecule has 0 saturated carbocycles. The number of urea groups is 1. The maximum atomic E-state index is 13.8. The first-order valence-electron chi connectivity index (χ1n) is 9.92. The number of primary amides is 1. The van der Waals surface area contributed by atoms with Crippen molar-refractivity contribution in [1.29, 1.82) is 5.26 Å². The monoisotopic (exact) mass is 422 g/mol. The number of fused-ring (bicyclic) bond motifs is 5. The minimum absolute atomic E-state index is 0.0612. The van der Waals surface area contributed by atoms with Gasteiger partial charge < -0.3 is 20.3 Å². The van der Waals surface area contributed by atoms with Crippen LogP contribution in [0.2, 0.25) is 0 Å². The summed E-state index contributed by atoms with van der Waals surface area (Å²) in [5.74, 6) is -0.317. The third-order valence-corrected chi connectivity index (χ3v) is 5.96. The summed E-state index contributed by atoms with van der Waals surface area (Å²) in [6, 6.07) is 5.53. The molecule has 4 heterocycles. The van der Waals surface area contributed by atoms with E-state index >= 15 is 0 Å². The summed E-state index contributed by atoms with van der Waals surface area (Å²) in [6.07, 6.45) is 1.05. The van der Waals surface area contributed by atoms with Crippen molar-refractivity contribution in [2.75, 3.05) is 13.2 Å². The molecule has 1 unspecified atom stereocenters. The van der Waals surface area contributed by atoms with Crippen LogP contribution < -0.4 is 5.73 Å². The Balaban J connectivity index is 1.68. The summed E-state index contributed by atoms with van der Waals surface area (Å²) in [5, 5.41) is 28.2. The molecule has 0 saturated heterocycles. The van der Waals surface area contributed by atoms with Gasteiger partial charge in [0.05, 0.1) is 23.5 Å². The number of halogens is 1. The van der Waals surface area contributed by atoms with Crippen LogP contribution in [0.4, 0.5) is 9.18 Å². The molecule has 1 aromatic carbocycles. The van der Waals surface area contributed by atoms with Gasteiger partial charge in [0.2, 0.25) is 0 Å². The number of nitrogens with two attached hydrogens (primary N) is 1. The fraction of sp³-hybridized carbons (Fsp3) is 0.333. The predicted molar refractivity (Wildman–Crippen MR) is 106 cm³/mol. The normalized spacial score (nSPS) is 17.3. The van der Waals surface area contributed by atoms with Crippen LogP contribution in [0.15, 0.2) is 22.7 Å². The van der Waals surface area contributed by atoms with E-state index in [0.717, 1.165) is 22.5 Å². The van der Waals surface area contributed by atoms with Gasteiger partial charge in [-0.05, 0) is 24.6 Å². The minimum Gasteiger partial charge on any atom is -0.396 e. The molecule has 0 fully saturated rings. The number of carbonyl (C=O) groups is 1. The molecule has 0 aliphatic carbocycles. The zero-order valence-electron chi connectivity index (χ0n) is 16.5. The highest BCUT2D eigenvalue weighted by Gasteiger charge is 2.34. The molecule has 0 bridgehead atoms. The average molecular weight is 422 g/mol. The number of rotatable bonds is 2. The Bertz CT molecular complexity index is 1240. The highest BCUT2D eigenvalue weighted by Crippen LogP contribution is 2.40. The number of nitrogens with zero attached hydrogens (tertiary/aromatic N) is 5. The number of nitriles is 1. The van der Waals surface area contributed by atoms with Crippen LogP contribution in [-0.2, 0) is 25.9 Å². The van der Waals surface area contributed by atoms with Gasteiger partial charge in [0.15, 0.2) is 5.76 Å². The van der Waals surface area contributed by atoms with Crippen molar-refractivity contribution >= 4 is 6.03 Å². The van der Waals surface area contributed by atoms with Crippen LogP contribution in [0.3, 0.4) is 0 Å². The third-order valence-electron chi connectivity index (χ3n) is 5.96. The molecule has 2 aliphatic heterocycles. The van der Waals surface area contributed by atoms with Gasteiger partial charge in [-0.3, -0.25) is 4.68 Å². The first kappa shape index (κ1) is 19.3. The lowest BCUT2D eigenvalue weighted by Crippen LogP contribution is -2.39. The smallest absolute Gasteiger partial charge is 0.315 e. The topological polar surface area (TPSA) is 134 Å². The van der Waals surface area contributed by atoms with Gasteiger partial charge >= 0.3 is 6.03 Å². The Kier molecular flexibility index (Phi) is 4.48. The Morgan fingerprint density at radius 3 is 3.00 bits per heavy atom. The lowest BCUT2D eigenvalue weighted by Gasteiger charge is -2.24. The Morgan fingerprint density at radius 2 is 2.26 bits per heavy atom. The molecule has 2 amide bonds. The van der Waals surface area contributed by atoms with Gasteiger partial charge in [0, 0.05) is 48.7 Å². The third kappa shape index (κ3) is 3.05. The fourth-order valence-corrected chi connectivity index (χ4v) is 4.40. The largest absolute Gasteiger partial charge is 0.396 e. The zero-order chi connectivity index (χ0) is 21.7. The first-order chi connectivity index (χ1) is 15.0. The number of aliphatic hydroxyl groups excluding tert-OH is 1. The van der Waals surface area contributed by atoms with Gasteiger partial charge in [-0.2, -0.15) is 10.4 Å². The first-order valence-corrected chi connectivity index (χ1v) is 9.92. The Hall–Kier alpha value is -3.71. The second-order valence-corrected chi connectivity index (χ2v) is 7.86. The van der Waals surface area contributed by atoms with Crippen LogP contribution in [0, 0.1) is 23.1 Å². The molecule has 31 heavy (non-hydrogen) atoms. The summed E-state index contributed by atoms with van der Waals surface area (Å²) in [4.78, 5) is 13.3. The molecule has 3 aromatic rings. The van der Waals surface area contributed by atoms with Crippen LogP contribution >= 0.6 is 0 Å². The molecule has 0 radical (unpaired) electrons. The number of hydrogen-bond donors (Lipinski definition) is 2. The number of aliphatic hydroxyl groups is 1. The number of benzene rings is 1. The molecule has 10 heteroatoms. The molecule has 0 spiro atoms. The number of hydrogen-bond acceptors (Lipinski definition) is 6. The van der Waals surface area contributed by atoms with Crippen LogP contribution in [0.5, 0.6) is 0 Å². The van der Waals surface area contributed by atoms with Crippen molar-refractivity contribution in [3.05, 3.63) is 46.4 Å². The van der Waals surface area contributed by atoms with Crippen molar-refractivity contribution in [1.82, 2.24) is 19.8 Å². The quantitative estimate of drug-likeness (QED) is 0.647. The van der Waals surface area contributed by atoms with E-state index in [0.29, 0.717) is 49.5 Å². The summed E-state index contributed by atoms with van der Waals surface area (Å²) >= 11 is 0. The van der Waals surface area contributed by atoms with Crippen molar-refractivity contribution in [2.24, 2.45) is 11.7 Å². The predicted octanol–water partition coefficient (Wildman–Crippen LogP) is 1.82. The zero-order valence-corrected chi connectivity index (χ0v) is 16.5. The van der Waals surface area contributed by atoms with Crippen LogP contribution in [0.1, 0.15) is 22.4 Å². The molecule has 5 rings (SSSR count). The number of carbonyl (C=O) groups excluding carboxylic acids is 1. The lowest BCUT2D eigenvalue weighted by atomic mass is 9.94. The molecular weight excluding hydrogens is 403 g/mol. The van der Waals surface area contributed by atoms with E-state index in [1.54, 1.807) is 4.90 Å². The minimum atomic E-state index is -0.608. The van der Waals surface area contributed by atoms with Gasteiger partial charge in [-0.15, -0.1) is 0 Å². The van der Waals surface area contributed by atoms with E-state index in [1.165, 1.54) is 18.2 Å². The average Bonchev–Trinajstić information content (AvgIpc) is 3.29. The highest BCUT2D eigenvalue weighted by atomic mass is 19.1. The fourth-order valence-electron chi connectivity index (χ4n) is 4.40. The summed E-state index contributed by atoms with van der Waals surface area (Å²) in [6.45, 7) is 1.23. The van der Waals surface area contributed by atoms with E-state index in [2.05, 4.69) is 5.16 Å². The van der Waals surface area contributed by atoms with Crippen LogP contribution in [0.25, 0.3) is 22.7 Å². The van der Waals surface area contributed by atoms with E-state index in [1.807, 2.05) is 10.8 Å².